The number of nitrogens with zero attached hydrogens (tertiary/aromatic N) is 4. The Kier molecular flexibility index (Phi) is 5.30. The zero-order chi connectivity index (χ0) is 16.3. The van der Waals surface area contributed by atoms with Gasteiger partial charge < -0.3 is 0 Å². The lowest BCUT2D eigenvalue weighted by Crippen LogP contribution is -2.35. The fourth-order valence-electron chi connectivity index (χ4n) is 2.28. The number of aromatic nitrogens is 3. The zero-order valence-electron chi connectivity index (χ0n) is 12.2. The minimum atomic E-state index is -3.43. The lowest BCUT2D eigenvalue weighted by Gasteiger charge is -2.25. The van der Waals surface area contributed by atoms with Crippen LogP contribution in [0, 0.1) is 0 Å². The Morgan fingerprint density at radius 3 is 2.30 bits per heavy atom. The number of piperidine rings is 1. The van der Waals surface area contributed by atoms with E-state index in [1.165, 1.54) is 22.3 Å². The molecule has 2 aromatic heterocycles. The smallest absolute Gasteiger partial charge is 0.244 e. The summed E-state index contributed by atoms with van der Waals surface area (Å²) < 4.78 is 27.4. The Morgan fingerprint density at radius 2 is 1.70 bits per heavy atom. The van der Waals surface area contributed by atoms with Crippen molar-refractivity contribution in [3.63, 3.8) is 0 Å². The Labute approximate surface area is 147 Å². The summed E-state index contributed by atoms with van der Waals surface area (Å²) in [5.74, 6) is 0. The minimum absolute atomic E-state index is 0.237. The van der Waals surface area contributed by atoms with Crippen molar-refractivity contribution in [1.82, 2.24) is 19.3 Å². The number of hydrogen-bond donors (Lipinski definition) is 0. The van der Waals surface area contributed by atoms with Gasteiger partial charge >= 0.3 is 0 Å². The van der Waals surface area contributed by atoms with Crippen LogP contribution in [-0.2, 0) is 10.0 Å². The largest absolute Gasteiger partial charge is 0.248 e. The van der Waals surface area contributed by atoms with E-state index >= 15 is 0 Å². The highest BCUT2D eigenvalue weighted by atomic mass is 79.9. The van der Waals surface area contributed by atoms with Crippen LogP contribution >= 0.6 is 27.7 Å². The van der Waals surface area contributed by atoms with E-state index in [0.29, 0.717) is 23.3 Å². The van der Waals surface area contributed by atoms with Gasteiger partial charge in [0.05, 0.1) is 4.47 Å². The highest BCUT2D eigenvalue weighted by Gasteiger charge is 2.26. The summed E-state index contributed by atoms with van der Waals surface area (Å²) in [6.07, 6.45) is 7.65. The molecule has 6 nitrogen and oxygen atoms in total. The van der Waals surface area contributed by atoms with Gasteiger partial charge in [0.2, 0.25) is 10.0 Å². The summed E-state index contributed by atoms with van der Waals surface area (Å²) in [6.45, 7) is 1.18. The Balaban J connectivity index is 1.74. The van der Waals surface area contributed by atoms with Gasteiger partial charge in [-0.25, -0.2) is 23.4 Å². The minimum Gasteiger partial charge on any atom is -0.248 e. The first-order valence-corrected chi connectivity index (χ1v) is 10.2. The molecule has 2 aromatic rings. The summed E-state index contributed by atoms with van der Waals surface area (Å²) in [6, 6.07) is 3.28. The van der Waals surface area contributed by atoms with Crippen LogP contribution in [0.2, 0.25) is 0 Å². The van der Waals surface area contributed by atoms with E-state index in [-0.39, 0.29) is 4.90 Å². The van der Waals surface area contributed by atoms with Crippen LogP contribution in [0.1, 0.15) is 19.3 Å². The van der Waals surface area contributed by atoms with Crippen molar-refractivity contribution in [3.05, 3.63) is 35.2 Å². The molecule has 0 aliphatic carbocycles. The summed E-state index contributed by atoms with van der Waals surface area (Å²) in [7, 11) is -3.43. The van der Waals surface area contributed by atoms with E-state index in [1.54, 1.807) is 24.5 Å². The molecule has 0 N–H and O–H groups in total. The molecule has 0 saturated carbocycles. The topological polar surface area (TPSA) is 76.0 Å². The van der Waals surface area contributed by atoms with Gasteiger partial charge in [-0.05, 0) is 52.7 Å². The fourth-order valence-corrected chi connectivity index (χ4v) is 4.59. The van der Waals surface area contributed by atoms with Crippen molar-refractivity contribution in [2.45, 2.75) is 34.3 Å². The molecule has 0 aromatic carbocycles. The van der Waals surface area contributed by atoms with Gasteiger partial charge in [0.25, 0.3) is 0 Å². The standard InChI is InChI=1S/C14H15BrN4O2S2/c15-11-8-17-14(18-9-11)22-13-5-4-12(10-16-13)23(20,21)19-6-2-1-3-7-19/h4-5,8-10H,1-3,6-7H2. The average molecular weight is 415 g/mol. The molecule has 9 heteroatoms. The quantitative estimate of drug-likeness (QED) is 0.715. The second-order valence-corrected chi connectivity index (χ2v) is 8.92. The number of rotatable bonds is 4. The summed E-state index contributed by atoms with van der Waals surface area (Å²) >= 11 is 4.57. The molecule has 0 radical (unpaired) electrons. The van der Waals surface area contributed by atoms with Gasteiger partial charge in [-0.2, -0.15) is 4.31 Å². The number of halogens is 1. The van der Waals surface area contributed by atoms with Crippen LogP contribution in [0.3, 0.4) is 0 Å². The molecule has 1 aliphatic heterocycles. The fraction of sp³-hybridized carbons (Fsp3) is 0.357. The normalized spacial score (nSPS) is 16.4. The molecule has 1 fully saturated rings. The first kappa shape index (κ1) is 16.8. The van der Waals surface area contributed by atoms with Crippen molar-refractivity contribution in [2.24, 2.45) is 0 Å². The van der Waals surface area contributed by atoms with Gasteiger partial charge in [0.1, 0.15) is 9.92 Å². The van der Waals surface area contributed by atoms with Crippen molar-refractivity contribution < 1.29 is 8.42 Å². The van der Waals surface area contributed by atoms with Crippen LogP contribution in [0.25, 0.3) is 0 Å². The third-order valence-electron chi connectivity index (χ3n) is 3.45. The Morgan fingerprint density at radius 1 is 1.00 bits per heavy atom. The first-order chi connectivity index (χ1) is 11.1. The second-order valence-electron chi connectivity index (χ2n) is 5.08. The molecular weight excluding hydrogens is 400 g/mol. The predicted molar refractivity (Wildman–Crippen MR) is 90.7 cm³/mol. The van der Waals surface area contributed by atoms with E-state index in [9.17, 15) is 8.42 Å². The second kappa shape index (κ2) is 7.25. The molecule has 0 amide bonds. The molecule has 3 heterocycles. The van der Waals surface area contributed by atoms with Gasteiger partial charge in [-0.15, -0.1) is 0 Å². The molecular formula is C14H15BrN4O2S2. The number of sulfonamides is 1. The summed E-state index contributed by atoms with van der Waals surface area (Å²) in [5, 5.41) is 1.22. The van der Waals surface area contributed by atoms with E-state index in [0.717, 1.165) is 23.7 Å². The van der Waals surface area contributed by atoms with Crippen LogP contribution in [0.15, 0.2) is 50.3 Å². The van der Waals surface area contributed by atoms with Crippen LogP contribution in [-0.4, -0.2) is 40.8 Å². The molecule has 23 heavy (non-hydrogen) atoms. The SMILES string of the molecule is O=S(=O)(c1ccc(Sc2ncc(Br)cn2)nc1)N1CCCCC1. The number of pyridine rings is 1. The highest BCUT2D eigenvalue weighted by Crippen LogP contribution is 2.25. The number of hydrogen-bond acceptors (Lipinski definition) is 6. The van der Waals surface area contributed by atoms with E-state index in [1.807, 2.05) is 0 Å². The Hall–Kier alpha value is -1.03. The van der Waals surface area contributed by atoms with Gasteiger partial charge in [0.15, 0.2) is 5.16 Å². The molecule has 0 bridgehead atoms. The monoisotopic (exact) mass is 414 g/mol. The predicted octanol–water partition coefficient (Wildman–Crippen LogP) is 2.96. The van der Waals surface area contributed by atoms with Crippen molar-refractivity contribution in [3.8, 4) is 0 Å². The van der Waals surface area contributed by atoms with E-state index < -0.39 is 10.0 Å². The summed E-state index contributed by atoms with van der Waals surface area (Å²) in [5.41, 5.74) is 0. The molecule has 1 saturated heterocycles. The lowest BCUT2D eigenvalue weighted by molar-refractivity contribution is 0.346. The van der Waals surface area contributed by atoms with Gasteiger partial charge in [0, 0.05) is 31.7 Å². The van der Waals surface area contributed by atoms with Crippen molar-refractivity contribution in [1.29, 1.82) is 0 Å². The van der Waals surface area contributed by atoms with Crippen LogP contribution in [0.5, 0.6) is 0 Å². The Bertz CT molecular complexity index is 760. The van der Waals surface area contributed by atoms with Crippen molar-refractivity contribution >= 4 is 37.7 Å². The molecule has 122 valence electrons. The first-order valence-electron chi connectivity index (χ1n) is 7.17. The highest BCUT2D eigenvalue weighted by molar-refractivity contribution is 9.10. The molecule has 1 aliphatic rings. The van der Waals surface area contributed by atoms with E-state index in [2.05, 4.69) is 30.9 Å². The molecule has 0 spiro atoms. The van der Waals surface area contributed by atoms with Crippen molar-refractivity contribution in [2.75, 3.05) is 13.1 Å². The van der Waals surface area contributed by atoms with Crippen LogP contribution in [0.4, 0.5) is 0 Å². The average Bonchev–Trinajstić information content (AvgIpc) is 2.58. The third kappa shape index (κ3) is 4.09. The third-order valence-corrected chi connectivity index (χ3v) is 6.59. The van der Waals surface area contributed by atoms with Crippen LogP contribution < -0.4 is 0 Å². The maximum Gasteiger partial charge on any atom is 0.244 e. The van der Waals surface area contributed by atoms with Gasteiger partial charge in [-0.1, -0.05) is 6.42 Å². The molecule has 3 rings (SSSR count). The molecule has 0 unspecified atom stereocenters. The maximum atomic E-state index is 12.5. The molecule has 0 atom stereocenters. The maximum absolute atomic E-state index is 12.5. The zero-order valence-corrected chi connectivity index (χ0v) is 15.4. The lowest BCUT2D eigenvalue weighted by atomic mass is 10.2. The summed E-state index contributed by atoms with van der Waals surface area (Å²) in [4.78, 5) is 12.8. The van der Waals surface area contributed by atoms with Gasteiger partial charge in [-0.3, -0.25) is 0 Å². The van der Waals surface area contributed by atoms with E-state index in [4.69, 9.17) is 0 Å².